The third-order valence-corrected chi connectivity index (χ3v) is 3.54. The molecule has 0 amide bonds. The monoisotopic (exact) mass is 267 g/mol. The molecule has 0 aliphatic rings. The van der Waals surface area contributed by atoms with E-state index in [1.807, 2.05) is 37.7 Å². The molecule has 0 fully saturated rings. The standard InChI is InChI=1S/C15H25NOS/c1-11(2)17-15-8-6-14(7-9-15)13(4)16-12(3)10-18-5/h6-9,11-13,16H,10H2,1-5H3. The summed E-state index contributed by atoms with van der Waals surface area (Å²) in [5.41, 5.74) is 1.30. The number of rotatable bonds is 7. The molecule has 1 rings (SSSR count). The lowest BCUT2D eigenvalue weighted by Gasteiger charge is -2.20. The highest BCUT2D eigenvalue weighted by molar-refractivity contribution is 7.98. The van der Waals surface area contributed by atoms with Crippen molar-refractivity contribution < 1.29 is 4.74 Å². The zero-order valence-electron chi connectivity index (χ0n) is 12.1. The van der Waals surface area contributed by atoms with E-state index in [1.165, 1.54) is 5.56 Å². The van der Waals surface area contributed by atoms with Gasteiger partial charge in [0.15, 0.2) is 0 Å². The van der Waals surface area contributed by atoms with Crippen molar-refractivity contribution in [3.63, 3.8) is 0 Å². The molecule has 102 valence electrons. The molecule has 1 N–H and O–H groups in total. The topological polar surface area (TPSA) is 21.3 Å². The summed E-state index contributed by atoms with van der Waals surface area (Å²) in [5.74, 6) is 2.08. The maximum absolute atomic E-state index is 5.64. The van der Waals surface area contributed by atoms with Gasteiger partial charge in [0.25, 0.3) is 0 Å². The molecule has 1 aromatic rings. The van der Waals surface area contributed by atoms with Crippen LogP contribution in [0.5, 0.6) is 5.75 Å². The van der Waals surface area contributed by atoms with Crippen molar-refractivity contribution in [3.05, 3.63) is 29.8 Å². The smallest absolute Gasteiger partial charge is 0.119 e. The first-order valence-corrected chi connectivity index (χ1v) is 7.94. The van der Waals surface area contributed by atoms with Crippen molar-refractivity contribution in [3.8, 4) is 5.75 Å². The highest BCUT2D eigenvalue weighted by Gasteiger charge is 2.09. The number of benzene rings is 1. The van der Waals surface area contributed by atoms with Gasteiger partial charge < -0.3 is 10.1 Å². The van der Waals surface area contributed by atoms with Crippen molar-refractivity contribution in [2.24, 2.45) is 0 Å². The summed E-state index contributed by atoms with van der Waals surface area (Å²) >= 11 is 1.87. The Hall–Kier alpha value is -0.670. The first kappa shape index (κ1) is 15.4. The van der Waals surface area contributed by atoms with E-state index in [2.05, 4.69) is 37.6 Å². The van der Waals surface area contributed by atoms with E-state index < -0.39 is 0 Å². The summed E-state index contributed by atoms with van der Waals surface area (Å²) in [6.07, 6.45) is 2.37. The zero-order valence-corrected chi connectivity index (χ0v) is 12.9. The van der Waals surface area contributed by atoms with E-state index >= 15 is 0 Å². The summed E-state index contributed by atoms with van der Waals surface area (Å²) in [6.45, 7) is 8.52. The zero-order chi connectivity index (χ0) is 13.5. The minimum absolute atomic E-state index is 0.230. The quantitative estimate of drug-likeness (QED) is 0.810. The second-order valence-corrected chi connectivity index (χ2v) is 5.89. The van der Waals surface area contributed by atoms with Gasteiger partial charge in [-0.25, -0.2) is 0 Å². The van der Waals surface area contributed by atoms with Crippen LogP contribution in [0.2, 0.25) is 0 Å². The molecule has 2 atom stereocenters. The average molecular weight is 267 g/mol. The predicted molar refractivity (Wildman–Crippen MR) is 81.6 cm³/mol. The Balaban J connectivity index is 2.55. The summed E-state index contributed by atoms with van der Waals surface area (Å²) in [5, 5.41) is 3.60. The molecule has 0 heterocycles. The van der Waals surface area contributed by atoms with Crippen molar-refractivity contribution in [1.29, 1.82) is 0 Å². The molecule has 0 spiro atoms. The molecular formula is C15H25NOS. The van der Waals surface area contributed by atoms with Crippen LogP contribution in [0.25, 0.3) is 0 Å². The highest BCUT2D eigenvalue weighted by atomic mass is 32.2. The maximum Gasteiger partial charge on any atom is 0.119 e. The summed E-state index contributed by atoms with van der Waals surface area (Å²) < 4.78 is 5.64. The van der Waals surface area contributed by atoms with Crippen LogP contribution in [0, 0.1) is 0 Å². The Bertz CT molecular complexity index is 337. The maximum atomic E-state index is 5.64. The van der Waals surface area contributed by atoms with Crippen molar-refractivity contribution in [2.45, 2.75) is 45.9 Å². The van der Waals surface area contributed by atoms with E-state index in [-0.39, 0.29) is 6.10 Å². The van der Waals surface area contributed by atoms with Crippen LogP contribution in [0.1, 0.15) is 39.3 Å². The normalized spacial score (nSPS) is 14.6. The Labute approximate surface area is 116 Å². The molecule has 0 aromatic heterocycles. The largest absolute Gasteiger partial charge is 0.491 e. The fourth-order valence-electron chi connectivity index (χ4n) is 1.93. The molecule has 18 heavy (non-hydrogen) atoms. The number of hydrogen-bond donors (Lipinski definition) is 1. The van der Waals surface area contributed by atoms with Gasteiger partial charge in [-0.05, 0) is 51.6 Å². The Kier molecular flexibility index (Phi) is 6.58. The molecule has 3 heteroatoms. The van der Waals surface area contributed by atoms with Crippen LogP contribution >= 0.6 is 11.8 Å². The number of nitrogens with one attached hydrogen (secondary N) is 1. The average Bonchev–Trinajstić information content (AvgIpc) is 2.29. The van der Waals surface area contributed by atoms with E-state index in [9.17, 15) is 0 Å². The third-order valence-electron chi connectivity index (χ3n) is 2.70. The van der Waals surface area contributed by atoms with Gasteiger partial charge in [0, 0.05) is 17.8 Å². The SMILES string of the molecule is CSCC(C)NC(C)c1ccc(OC(C)C)cc1. The van der Waals surface area contributed by atoms with Crippen molar-refractivity contribution in [2.75, 3.05) is 12.0 Å². The van der Waals surface area contributed by atoms with E-state index in [4.69, 9.17) is 4.74 Å². The second kappa shape index (κ2) is 7.70. The van der Waals surface area contributed by atoms with E-state index in [1.54, 1.807) is 0 Å². The molecule has 0 saturated heterocycles. The van der Waals surface area contributed by atoms with Gasteiger partial charge in [-0.15, -0.1) is 0 Å². The Morgan fingerprint density at radius 3 is 2.22 bits per heavy atom. The van der Waals surface area contributed by atoms with Gasteiger partial charge in [0.2, 0.25) is 0 Å². The van der Waals surface area contributed by atoms with Gasteiger partial charge in [0.05, 0.1) is 6.10 Å². The van der Waals surface area contributed by atoms with Crippen molar-refractivity contribution in [1.82, 2.24) is 5.32 Å². The summed E-state index contributed by atoms with van der Waals surface area (Å²) in [6, 6.07) is 9.28. The van der Waals surface area contributed by atoms with E-state index in [0.29, 0.717) is 12.1 Å². The van der Waals surface area contributed by atoms with Crippen LogP contribution in [0.15, 0.2) is 24.3 Å². The van der Waals surface area contributed by atoms with Crippen LogP contribution in [-0.2, 0) is 0 Å². The molecule has 0 aliphatic heterocycles. The molecule has 0 saturated carbocycles. The summed E-state index contributed by atoms with van der Waals surface area (Å²) in [7, 11) is 0. The van der Waals surface area contributed by atoms with Gasteiger partial charge >= 0.3 is 0 Å². The lowest BCUT2D eigenvalue weighted by Crippen LogP contribution is -2.30. The van der Waals surface area contributed by atoms with Gasteiger partial charge in [-0.3, -0.25) is 0 Å². The fraction of sp³-hybridized carbons (Fsp3) is 0.600. The van der Waals surface area contributed by atoms with Gasteiger partial charge in [-0.2, -0.15) is 11.8 Å². The minimum Gasteiger partial charge on any atom is -0.491 e. The number of hydrogen-bond acceptors (Lipinski definition) is 3. The van der Waals surface area contributed by atoms with Crippen LogP contribution in [0.4, 0.5) is 0 Å². The Morgan fingerprint density at radius 2 is 1.72 bits per heavy atom. The minimum atomic E-state index is 0.230. The molecule has 1 aromatic carbocycles. The first-order valence-electron chi connectivity index (χ1n) is 6.54. The molecular weight excluding hydrogens is 242 g/mol. The van der Waals surface area contributed by atoms with Crippen LogP contribution in [0.3, 0.4) is 0 Å². The number of thioether (sulfide) groups is 1. The molecule has 2 unspecified atom stereocenters. The third kappa shape index (κ3) is 5.32. The fourth-order valence-corrected chi connectivity index (χ4v) is 2.52. The van der Waals surface area contributed by atoms with Gasteiger partial charge in [0.1, 0.15) is 5.75 Å². The van der Waals surface area contributed by atoms with Gasteiger partial charge in [-0.1, -0.05) is 12.1 Å². The number of ether oxygens (including phenoxy) is 1. The summed E-state index contributed by atoms with van der Waals surface area (Å²) in [4.78, 5) is 0. The van der Waals surface area contributed by atoms with Crippen LogP contribution < -0.4 is 10.1 Å². The molecule has 2 nitrogen and oxygen atoms in total. The first-order chi connectivity index (χ1) is 8.52. The Morgan fingerprint density at radius 1 is 1.11 bits per heavy atom. The van der Waals surface area contributed by atoms with E-state index in [0.717, 1.165) is 11.5 Å². The lowest BCUT2D eigenvalue weighted by molar-refractivity contribution is 0.242. The van der Waals surface area contributed by atoms with Crippen LogP contribution in [-0.4, -0.2) is 24.2 Å². The predicted octanol–water partition coefficient (Wildman–Crippen LogP) is 3.88. The second-order valence-electron chi connectivity index (χ2n) is 4.98. The lowest BCUT2D eigenvalue weighted by atomic mass is 10.1. The highest BCUT2D eigenvalue weighted by Crippen LogP contribution is 2.19. The molecule has 0 aliphatic carbocycles. The van der Waals surface area contributed by atoms with Crippen molar-refractivity contribution >= 4 is 11.8 Å². The molecule has 0 bridgehead atoms. The molecule has 0 radical (unpaired) electrons.